The molecule has 3 nitrogen and oxygen atoms in total. The first kappa shape index (κ1) is 32.7. The predicted molar refractivity (Wildman–Crippen MR) is 246 cm³/mol. The van der Waals surface area contributed by atoms with Gasteiger partial charge in [0.15, 0.2) is 17.5 Å². The Balaban J connectivity index is 1.03. The molecule has 0 saturated carbocycles. The summed E-state index contributed by atoms with van der Waals surface area (Å²) in [6.07, 6.45) is 0. The van der Waals surface area contributed by atoms with Gasteiger partial charge in [-0.05, 0) is 76.9 Å². The molecule has 12 aromatic rings. The molecule has 6 heteroatoms. The highest BCUT2D eigenvalue weighted by Crippen LogP contribution is 2.43. The number of benzene rings is 8. The van der Waals surface area contributed by atoms with Crippen LogP contribution in [0.5, 0.6) is 0 Å². The standard InChI is InChI=1S/C51H29N3S3/c1-4-20-41-35(15-1)40-29-33(25-26-44(40)55-41)31-12-7-11-30(27-31)32-13-8-14-34(28-32)49-52-50(38-18-9-23-45-47(38)36-16-2-5-21-42(36)56-45)54-51(53-49)39-19-10-24-46-48(39)37-17-3-6-22-43(37)57-46/h1-29H. The van der Waals surface area contributed by atoms with Crippen LogP contribution < -0.4 is 0 Å². The summed E-state index contributed by atoms with van der Waals surface area (Å²) in [5.74, 6) is 1.99. The van der Waals surface area contributed by atoms with E-state index in [1.807, 2.05) is 34.0 Å². The Hall–Kier alpha value is -6.57. The topological polar surface area (TPSA) is 38.7 Å². The Morgan fingerprint density at radius 1 is 0.263 bits per heavy atom. The Bertz CT molecular complexity index is 3420. The number of hydrogen-bond acceptors (Lipinski definition) is 6. The first-order valence-electron chi connectivity index (χ1n) is 18.9. The smallest absolute Gasteiger partial charge is 0.164 e. The number of thiophene rings is 3. The van der Waals surface area contributed by atoms with Crippen LogP contribution in [0.2, 0.25) is 0 Å². The van der Waals surface area contributed by atoms with Gasteiger partial charge in [-0.25, -0.2) is 15.0 Å². The van der Waals surface area contributed by atoms with Crippen molar-refractivity contribution in [1.82, 2.24) is 15.0 Å². The molecule has 8 aromatic carbocycles. The van der Waals surface area contributed by atoms with E-state index >= 15 is 0 Å². The summed E-state index contributed by atoms with van der Waals surface area (Å²) in [6, 6.07) is 63.2. The number of hydrogen-bond donors (Lipinski definition) is 0. The van der Waals surface area contributed by atoms with Gasteiger partial charge in [0, 0.05) is 77.2 Å². The minimum absolute atomic E-state index is 0.649. The van der Waals surface area contributed by atoms with Crippen molar-refractivity contribution in [2.75, 3.05) is 0 Å². The van der Waals surface area contributed by atoms with E-state index in [4.69, 9.17) is 15.0 Å². The Morgan fingerprint density at radius 2 is 0.667 bits per heavy atom. The highest BCUT2D eigenvalue weighted by Gasteiger charge is 2.20. The van der Waals surface area contributed by atoms with Crippen molar-refractivity contribution >= 4 is 94.5 Å². The highest BCUT2D eigenvalue weighted by atomic mass is 32.1. The molecule has 0 aliphatic heterocycles. The molecular weight excluding hydrogens is 751 g/mol. The van der Waals surface area contributed by atoms with Gasteiger partial charge in [-0.15, -0.1) is 34.0 Å². The van der Waals surface area contributed by atoms with E-state index in [1.54, 1.807) is 0 Å². The van der Waals surface area contributed by atoms with Gasteiger partial charge in [0.1, 0.15) is 0 Å². The third-order valence-electron chi connectivity index (χ3n) is 10.9. The molecule has 0 aliphatic rings. The molecule has 0 radical (unpaired) electrons. The van der Waals surface area contributed by atoms with E-state index in [9.17, 15) is 0 Å². The second-order valence-corrected chi connectivity index (χ2v) is 17.6. The molecule has 0 aliphatic carbocycles. The van der Waals surface area contributed by atoms with E-state index < -0.39 is 0 Å². The van der Waals surface area contributed by atoms with Gasteiger partial charge in [-0.2, -0.15) is 0 Å². The second-order valence-electron chi connectivity index (χ2n) is 14.3. The summed E-state index contributed by atoms with van der Waals surface area (Å²) in [7, 11) is 0. The van der Waals surface area contributed by atoms with Crippen LogP contribution >= 0.6 is 34.0 Å². The summed E-state index contributed by atoms with van der Waals surface area (Å²) >= 11 is 5.47. The Morgan fingerprint density at radius 3 is 1.26 bits per heavy atom. The van der Waals surface area contributed by atoms with Crippen LogP contribution in [0.15, 0.2) is 176 Å². The van der Waals surface area contributed by atoms with Crippen LogP contribution in [-0.4, -0.2) is 15.0 Å². The van der Waals surface area contributed by atoms with Crippen LogP contribution in [0.25, 0.3) is 117 Å². The minimum Gasteiger partial charge on any atom is -0.208 e. The molecule has 0 saturated heterocycles. The maximum absolute atomic E-state index is 5.32. The van der Waals surface area contributed by atoms with Gasteiger partial charge in [-0.1, -0.05) is 121 Å². The molecule has 0 spiro atoms. The third-order valence-corrected chi connectivity index (χ3v) is 14.4. The zero-order valence-electron chi connectivity index (χ0n) is 30.3. The first-order chi connectivity index (χ1) is 28.2. The lowest BCUT2D eigenvalue weighted by Gasteiger charge is -2.12. The molecule has 57 heavy (non-hydrogen) atoms. The van der Waals surface area contributed by atoms with Gasteiger partial charge in [0.2, 0.25) is 0 Å². The lowest BCUT2D eigenvalue weighted by molar-refractivity contribution is 1.08. The fourth-order valence-electron chi connectivity index (χ4n) is 8.29. The number of fused-ring (bicyclic) bond motifs is 9. The zero-order chi connectivity index (χ0) is 37.5. The Kier molecular flexibility index (Phi) is 7.45. The maximum atomic E-state index is 5.32. The average Bonchev–Trinajstić information content (AvgIpc) is 3.97. The quantitative estimate of drug-likeness (QED) is 0.175. The Labute approximate surface area is 339 Å². The summed E-state index contributed by atoms with van der Waals surface area (Å²) in [4.78, 5) is 15.9. The molecular formula is C51H29N3S3. The summed E-state index contributed by atoms with van der Waals surface area (Å²) in [6.45, 7) is 0. The van der Waals surface area contributed by atoms with Crippen molar-refractivity contribution in [2.24, 2.45) is 0 Å². The van der Waals surface area contributed by atoms with E-state index in [-0.39, 0.29) is 0 Å². The van der Waals surface area contributed by atoms with Crippen LogP contribution in [0.3, 0.4) is 0 Å². The first-order valence-corrected chi connectivity index (χ1v) is 21.4. The van der Waals surface area contributed by atoms with Gasteiger partial charge >= 0.3 is 0 Å². The molecule has 12 rings (SSSR count). The van der Waals surface area contributed by atoms with Gasteiger partial charge in [0.25, 0.3) is 0 Å². The lowest BCUT2D eigenvalue weighted by Crippen LogP contribution is -2.01. The fourth-order valence-corrected chi connectivity index (χ4v) is 11.6. The van der Waals surface area contributed by atoms with Crippen molar-refractivity contribution in [3.05, 3.63) is 176 Å². The van der Waals surface area contributed by atoms with E-state index in [2.05, 4.69) is 176 Å². The largest absolute Gasteiger partial charge is 0.208 e. The van der Waals surface area contributed by atoms with Crippen molar-refractivity contribution in [3.8, 4) is 56.4 Å². The second kappa shape index (κ2) is 13.0. The number of aromatic nitrogens is 3. The summed E-state index contributed by atoms with van der Waals surface area (Å²) < 4.78 is 7.57. The molecule has 4 aromatic heterocycles. The lowest BCUT2D eigenvalue weighted by atomic mass is 9.97. The maximum Gasteiger partial charge on any atom is 0.164 e. The van der Waals surface area contributed by atoms with Crippen LogP contribution in [0.4, 0.5) is 0 Å². The van der Waals surface area contributed by atoms with Crippen LogP contribution in [-0.2, 0) is 0 Å². The monoisotopic (exact) mass is 779 g/mol. The van der Waals surface area contributed by atoms with Gasteiger partial charge in [-0.3, -0.25) is 0 Å². The van der Waals surface area contributed by atoms with E-state index in [0.717, 1.165) is 27.8 Å². The number of rotatable bonds is 5. The molecule has 0 fully saturated rings. The van der Waals surface area contributed by atoms with Gasteiger partial charge in [0.05, 0.1) is 0 Å². The molecule has 4 heterocycles. The molecule has 0 unspecified atom stereocenters. The highest BCUT2D eigenvalue weighted by molar-refractivity contribution is 7.26. The molecule has 0 bridgehead atoms. The molecule has 0 N–H and O–H groups in total. The van der Waals surface area contributed by atoms with Crippen molar-refractivity contribution in [3.63, 3.8) is 0 Å². The van der Waals surface area contributed by atoms with Crippen LogP contribution in [0.1, 0.15) is 0 Å². The molecule has 266 valence electrons. The summed E-state index contributed by atoms with van der Waals surface area (Å²) in [5, 5.41) is 7.41. The minimum atomic E-state index is 0.649. The zero-order valence-corrected chi connectivity index (χ0v) is 32.8. The molecule has 0 amide bonds. The fraction of sp³-hybridized carbons (Fsp3) is 0. The summed E-state index contributed by atoms with van der Waals surface area (Å²) in [5.41, 5.74) is 7.61. The van der Waals surface area contributed by atoms with Crippen LogP contribution in [0, 0.1) is 0 Å². The normalized spacial score (nSPS) is 11.9. The van der Waals surface area contributed by atoms with Crippen molar-refractivity contribution < 1.29 is 0 Å². The molecule has 0 atom stereocenters. The SMILES string of the molecule is c1cc(-c2cccc(-c3nc(-c4cccc5sc6ccccc6c45)nc(-c4cccc5sc6ccccc6c45)n3)c2)cc(-c2ccc3sc4ccccc4c3c2)c1. The number of nitrogens with zero attached hydrogens (tertiary/aromatic N) is 3. The van der Waals surface area contributed by atoms with Crippen molar-refractivity contribution in [2.45, 2.75) is 0 Å². The van der Waals surface area contributed by atoms with Crippen molar-refractivity contribution in [1.29, 1.82) is 0 Å². The predicted octanol–water partition coefficient (Wildman–Crippen LogP) is 15.3. The van der Waals surface area contributed by atoms with E-state index in [0.29, 0.717) is 17.5 Å². The third kappa shape index (κ3) is 5.41. The average molecular weight is 780 g/mol. The van der Waals surface area contributed by atoms with E-state index in [1.165, 1.54) is 71.6 Å². The van der Waals surface area contributed by atoms with Gasteiger partial charge < -0.3 is 0 Å².